The number of primary sulfonamides is 1. The number of hydrogen-bond acceptors (Lipinski definition) is 5. The fourth-order valence-corrected chi connectivity index (χ4v) is 4.39. The van der Waals surface area contributed by atoms with Crippen LogP contribution in [0.3, 0.4) is 0 Å². The van der Waals surface area contributed by atoms with Gasteiger partial charge in [0.15, 0.2) is 0 Å². The van der Waals surface area contributed by atoms with Gasteiger partial charge in [0, 0.05) is 21.3 Å². The Hall–Kier alpha value is -3.17. The molecule has 0 radical (unpaired) electrons. The summed E-state index contributed by atoms with van der Waals surface area (Å²) < 4.78 is 23.2. The van der Waals surface area contributed by atoms with Crippen LogP contribution in [0.5, 0.6) is 0 Å². The van der Waals surface area contributed by atoms with Crippen LogP contribution in [0, 0.1) is 0 Å². The third-order valence-electron chi connectivity index (χ3n) is 5.19. The zero-order chi connectivity index (χ0) is 23.9. The maximum Gasteiger partial charge on any atom is 0.300 e. The molecule has 3 aromatic rings. The molecule has 1 amide bonds. The largest absolute Gasteiger partial charge is 0.507 e. The summed E-state index contributed by atoms with van der Waals surface area (Å²) in [4.78, 5) is 27.2. The molecular weight excluding hydrogens is 487 g/mol. The number of aliphatic hydroxyl groups is 1. The Labute approximate surface area is 199 Å². The number of nitrogens with zero attached hydrogens (tertiary/aromatic N) is 1. The first-order valence-electron chi connectivity index (χ1n) is 9.53. The van der Waals surface area contributed by atoms with Gasteiger partial charge in [-0.25, -0.2) is 13.6 Å². The number of rotatable bonds is 4. The molecule has 1 aliphatic heterocycles. The van der Waals surface area contributed by atoms with Crippen molar-refractivity contribution >= 4 is 56.4 Å². The van der Waals surface area contributed by atoms with Crippen LogP contribution < -0.4 is 10.0 Å². The SMILES string of the molecule is NS(=O)(=O)c1ccc(N2C(=O)C(=O)/C(=C(/O)c3ccc(Cl)cc3)C2c2ccc(Cl)cc2)cc1. The molecule has 3 N–H and O–H groups in total. The quantitative estimate of drug-likeness (QED) is 0.313. The van der Waals surface area contributed by atoms with Crippen molar-refractivity contribution in [2.75, 3.05) is 4.90 Å². The van der Waals surface area contributed by atoms with E-state index in [1.165, 1.54) is 41.3 Å². The van der Waals surface area contributed by atoms with Gasteiger partial charge in [-0.1, -0.05) is 35.3 Å². The summed E-state index contributed by atoms with van der Waals surface area (Å²) in [5.41, 5.74) is 0.949. The lowest BCUT2D eigenvalue weighted by Gasteiger charge is -2.25. The minimum atomic E-state index is -3.95. The molecule has 10 heteroatoms. The highest BCUT2D eigenvalue weighted by Crippen LogP contribution is 2.42. The fourth-order valence-electron chi connectivity index (χ4n) is 3.62. The van der Waals surface area contributed by atoms with Crippen molar-refractivity contribution in [1.29, 1.82) is 0 Å². The summed E-state index contributed by atoms with van der Waals surface area (Å²) in [5.74, 6) is -2.14. The lowest BCUT2D eigenvalue weighted by Crippen LogP contribution is -2.29. The molecule has 3 aromatic carbocycles. The number of carbonyl (C=O) groups excluding carboxylic acids is 2. The number of ketones is 1. The average molecular weight is 503 g/mol. The zero-order valence-electron chi connectivity index (χ0n) is 16.8. The highest BCUT2D eigenvalue weighted by molar-refractivity contribution is 7.89. The van der Waals surface area contributed by atoms with Crippen LogP contribution >= 0.6 is 23.2 Å². The van der Waals surface area contributed by atoms with E-state index in [4.69, 9.17) is 28.3 Å². The number of anilines is 1. The number of carbonyl (C=O) groups is 2. The molecule has 1 aliphatic rings. The van der Waals surface area contributed by atoms with Crippen molar-refractivity contribution in [2.24, 2.45) is 5.14 Å². The molecule has 0 bridgehead atoms. The van der Waals surface area contributed by atoms with E-state index in [1.807, 2.05) is 0 Å². The van der Waals surface area contributed by atoms with Crippen molar-refractivity contribution < 1.29 is 23.1 Å². The summed E-state index contributed by atoms with van der Waals surface area (Å²) in [6.07, 6.45) is 0. The second kappa shape index (κ2) is 8.64. The van der Waals surface area contributed by atoms with Gasteiger partial charge in [-0.05, 0) is 66.2 Å². The van der Waals surface area contributed by atoms with Gasteiger partial charge < -0.3 is 5.11 Å². The van der Waals surface area contributed by atoms with Gasteiger partial charge in [0.25, 0.3) is 11.7 Å². The number of amides is 1. The first-order chi connectivity index (χ1) is 15.6. The Balaban J connectivity index is 1.91. The van der Waals surface area contributed by atoms with Crippen molar-refractivity contribution in [2.45, 2.75) is 10.9 Å². The third-order valence-corrected chi connectivity index (χ3v) is 6.62. The number of Topliss-reactive ketones (excluding diaryl/α,β-unsaturated/α-hetero) is 1. The van der Waals surface area contributed by atoms with Gasteiger partial charge in [0.05, 0.1) is 16.5 Å². The molecule has 1 saturated heterocycles. The molecule has 0 saturated carbocycles. The Morgan fingerprint density at radius 3 is 1.88 bits per heavy atom. The van der Waals surface area contributed by atoms with E-state index in [9.17, 15) is 23.1 Å². The monoisotopic (exact) mass is 502 g/mol. The molecule has 0 aliphatic carbocycles. The van der Waals surface area contributed by atoms with E-state index in [0.717, 1.165) is 0 Å². The summed E-state index contributed by atoms with van der Waals surface area (Å²) in [6.45, 7) is 0. The van der Waals surface area contributed by atoms with Crippen LogP contribution in [-0.2, 0) is 19.6 Å². The number of sulfonamides is 1. The predicted octanol–water partition coefficient (Wildman–Crippen LogP) is 4.27. The van der Waals surface area contributed by atoms with E-state index in [-0.39, 0.29) is 21.9 Å². The lowest BCUT2D eigenvalue weighted by molar-refractivity contribution is -0.132. The Morgan fingerprint density at radius 1 is 0.848 bits per heavy atom. The molecule has 1 atom stereocenters. The minimum Gasteiger partial charge on any atom is -0.507 e. The zero-order valence-corrected chi connectivity index (χ0v) is 19.1. The van der Waals surface area contributed by atoms with Crippen LogP contribution in [-0.4, -0.2) is 25.2 Å². The molecule has 0 aromatic heterocycles. The van der Waals surface area contributed by atoms with Crippen LogP contribution in [0.1, 0.15) is 17.2 Å². The molecule has 168 valence electrons. The highest BCUT2D eigenvalue weighted by Gasteiger charge is 2.47. The molecule has 0 spiro atoms. The molecule has 33 heavy (non-hydrogen) atoms. The van der Waals surface area contributed by atoms with Gasteiger partial charge in [-0.15, -0.1) is 0 Å². The van der Waals surface area contributed by atoms with E-state index >= 15 is 0 Å². The van der Waals surface area contributed by atoms with Gasteiger partial charge in [0.1, 0.15) is 5.76 Å². The smallest absolute Gasteiger partial charge is 0.300 e. The van der Waals surface area contributed by atoms with Crippen LogP contribution in [0.25, 0.3) is 5.76 Å². The number of aliphatic hydroxyl groups excluding tert-OH is 1. The van der Waals surface area contributed by atoms with Crippen molar-refractivity contribution in [3.8, 4) is 0 Å². The standard InChI is InChI=1S/C23H16Cl2N2O5S/c24-15-5-1-13(2-6-15)20-19(21(28)14-3-7-16(25)8-4-14)22(29)23(30)27(20)17-9-11-18(12-10-17)33(26,31)32/h1-12,20,28H,(H2,26,31,32)/b21-19+. The van der Waals surface area contributed by atoms with E-state index in [2.05, 4.69) is 0 Å². The normalized spacial score (nSPS) is 18.0. The van der Waals surface area contributed by atoms with E-state index in [0.29, 0.717) is 21.2 Å². The fraction of sp³-hybridized carbons (Fsp3) is 0.0435. The van der Waals surface area contributed by atoms with Gasteiger partial charge in [0.2, 0.25) is 10.0 Å². The summed E-state index contributed by atoms with van der Waals surface area (Å²) >= 11 is 11.9. The second-order valence-electron chi connectivity index (χ2n) is 7.27. The molecule has 1 unspecified atom stereocenters. The number of benzene rings is 3. The Kier molecular flexibility index (Phi) is 6.02. The third kappa shape index (κ3) is 4.38. The predicted molar refractivity (Wildman–Crippen MR) is 126 cm³/mol. The molecule has 7 nitrogen and oxygen atoms in total. The number of halogens is 2. The number of hydrogen-bond donors (Lipinski definition) is 2. The van der Waals surface area contributed by atoms with Gasteiger partial charge >= 0.3 is 0 Å². The number of nitrogens with two attached hydrogens (primary N) is 1. The van der Waals surface area contributed by atoms with Crippen LogP contribution in [0.4, 0.5) is 5.69 Å². The summed E-state index contributed by atoms with van der Waals surface area (Å²) in [6, 6.07) is 16.9. The van der Waals surface area contributed by atoms with Crippen LogP contribution in [0.2, 0.25) is 10.0 Å². The van der Waals surface area contributed by atoms with Crippen molar-refractivity contribution in [3.63, 3.8) is 0 Å². The lowest BCUT2D eigenvalue weighted by atomic mass is 9.95. The minimum absolute atomic E-state index is 0.125. The average Bonchev–Trinajstić information content (AvgIpc) is 3.04. The summed E-state index contributed by atoms with van der Waals surface area (Å²) in [7, 11) is -3.95. The maximum absolute atomic E-state index is 13.1. The second-order valence-corrected chi connectivity index (χ2v) is 9.70. The Morgan fingerprint density at radius 2 is 1.36 bits per heavy atom. The Bertz CT molecular complexity index is 1380. The molecular formula is C23H16Cl2N2O5S. The van der Waals surface area contributed by atoms with Crippen LogP contribution in [0.15, 0.2) is 83.3 Å². The van der Waals surface area contributed by atoms with Gasteiger partial charge in [-0.3, -0.25) is 14.5 Å². The van der Waals surface area contributed by atoms with E-state index < -0.39 is 27.8 Å². The maximum atomic E-state index is 13.1. The molecule has 1 heterocycles. The van der Waals surface area contributed by atoms with Crippen molar-refractivity contribution in [3.05, 3.63) is 99.5 Å². The molecule has 1 fully saturated rings. The van der Waals surface area contributed by atoms with E-state index in [1.54, 1.807) is 36.4 Å². The highest BCUT2D eigenvalue weighted by atomic mass is 35.5. The van der Waals surface area contributed by atoms with Crippen molar-refractivity contribution in [1.82, 2.24) is 0 Å². The van der Waals surface area contributed by atoms with Gasteiger partial charge in [-0.2, -0.15) is 0 Å². The topological polar surface area (TPSA) is 118 Å². The molecule has 4 rings (SSSR count). The first kappa shape index (κ1) is 23.0. The first-order valence-corrected chi connectivity index (χ1v) is 11.8. The summed E-state index contributed by atoms with van der Waals surface area (Å²) in [5, 5.41) is 17.1.